The van der Waals surface area contributed by atoms with Crippen LogP contribution in [0.5, 0.6) is 11.5 Å². The number of imidazole rings is 1. The molecule has 0 amide bonds. The molecule has 4 bridgehead atoms. The Balaban J connectivity index is 1.00. The third kappa shape index (κ3) is 6.45. The second-order valence-electron chi connectivity index (χ2n) is 15.8. The fraction of sp³-hybridized carbons (Fsp3) is 0.111. The van der Waals surface area contributed by atoms with Crippen molar-refractivity contribution < 1.29 is 24.1 Å². The van der Waals surface area contributed by atoms with Crippen molar-refractivity contribution in [1.82, 2.24) is 18.5 Å². The van der Waals surface area contributed by atoms with Crippen molar-refractivity contribution in [1.29, 1.82) is 0 Å². The van der Waals surface area contributed by atoms with Crippen LogP contribution in [0.3, 0.4) is 0 Å². The molecule has 0 saturated heterocycles. The van der Waals surface area contributed by atoms with Crippen molar-refractivity contribution in [3.8, 4) is 45.3 Å². The van der Waals surface area contributed by atoms with Gasteiger partial charge in [-0.1, -0.05) is 66.7 Å². The van der Waals surface area contributed by atoms with Gasteiger partial charge in [0.05, 0.1) is 0 Å². The summed E-state index contributed by atoms with van der Waals surface area (Å²) in [6.07, 6.45) is 6.22. The van der Waals surface area contributed by atoms with E-state index in [9.17, 15) is 0 Å². The van der Waals surface area contributed by atoms with E-state index in [1.165, 1.54) is 44.6 Å². The molecule has 5 nitrogen and oxygen atoms in total. The van der Waals surface area contributed by atoms with E-state index in [1.807, 2.05) is 18.2 Å². The molecule has 60 heavy (non-hydrogen) atoms. The summed E-state index contributed by atoms with van der Waals surface area (Å²) in [5.74, 6) is 2.09. The van der Waals surface area contributed by atoms with Crippen LogP contribution in [0.15, 0.2) is 158 Å². The first kappa shape index (κ1) is 36.5. The number of fused-ring (bicyclic) bond motifs is 3. The molecule has 294 valence electrons. The fourth-order valence-electron chi connectivity index (χ4n) is 9.02. The Bertz CT molecular complexity index is 3300. The molecule has 0 radical (unpaired) electrons. The normalized spacial score (nSPS) is 12.7. The van der Waals surface area contributed by atoms with Gasteiger partial charge in [0, 0.05) is 11.3 Å². The number of hydrogen-bond donors (Lipinski definition) is 0. The number of hydrogen-bond acceptors (Lipinski definition) is 2. The first-order valence-corrected chi connectivity index (χ1v) is 21.7. The van der Waals surface area contributed by atoms with Gasteiger partial charge in [-0.15, -0.1) is 0 Å². The van der Waals surface area contributed by atoms with E-state index in [2.05, 4.69) is 199 Å². The summed E-state index contributed by atoms with van der Waals surface area (Å²) in [6.45, 7) is 4.28. The second-order valence-corrected chi connectivity index (χ2v) is 16.8. The smallest absolute Gasteiger partial charge is 0.0622 e. The van der Waals surface area contributed by atoms with Gasteiger partial charge in [-0.2, -0.15) is 0 Å². The van der Waals surface area contributed by atoms with Gasteiger partial charge in [0.25, 0.3) is 0 Å². The number of benzene rings is 6. The minimum Gasteiger partial charge on any atom is -0.0622 e. The molecule has 0 fully saturated rings. The van der Waals surface area contributed by atoms with Gasteiger partial charge in [-0.3, -0.25) is 0 Å². The molecule has 6 heteroatoms. The van der Waals surface area contributed by atoms with Gasteiger partial charge in [0.1, 0.15) is 0 Å². The molecule has 14 rings (SSSR count). The molecule has 0 N–H and O–H groups in total. The summed E-state index contributed by atoms with van der Waals surface area (Å²) in [5, 5.41) is 2.22. The van der Waals surface area contributed by atoms with Gasteiger partial charge in [-0.05, 0) is 36.1 Å². The number of aromatic nitrogens is 4. The minimum absolute atomic E-state index is 0.612. The van der Waals surface area contributed by atoms with Crippen molar-refractivity contribution >= 4 is 27.3 Å². The van der Waals surface area contributed by atoms with E-state index < -0.39 is 0 Å². The summed E-state index contributed by atoms with van der Waals surface area (Å²) in [4.78, 5) is 5.26. The number of aryl methyl sites for hydroxylation is 6. The molecule has 0 spiro atoms. The number of ether oxygens (including phenoxy) is 1. The molecule has 0 saturated carbocycles. The minimum atomic E-state index is 0.612. The number of nitrogens with zero attached hydrogens (tertiary/aromatic N) is 4. The van der Waals surface area contributed by atoms with Crippen LogP contribution >= 0.6 is 0 Å². The zero-order valence-corrected chi connectivity index (χ0v) is 35.6. The first-order valence-electron chi connectivity index (χ1n) is 20.5. The van der Waals surface area contributed by atoms with E-state index in [1.54, 1.807) is 0 Å². The molecule has 6 heterocycles. The SMILES string of the molecule is Cc1cc(-n2c3[c-]c(Oc4[c-]c(-n5cc6c7ccc(n6[c]5=[Pt])CCc5ccc(cc5)CC7)ccc4)ccc3c3cc(-c4ccccc4)ccc32)nc(C)c1-c1ccccc1. The van der Waals surface area contributed by atoms with Crippen molar-refractivity contribution in [2.24, 2.45) is 0 Å². The van der Waals surface area contributed by atoms with E-state index >= 15 is 0 Å². The first-order chi connectivity index (χ1) is 29.4. The van der Waals surface area contributed by atoms with Crippen LogP contribution < -0.4 is 4.74 Å². The van der Waals surface area contributed by atoms with Crippen LogP contribution in [0.4, 0.5) is 0 Å². The standard InChI is InChI=1S/C54H40N4O.Pt/c1-36-30-53(55-37(2)54(36)42-12-7-4-8-13-42)58-50-29-24-43(40-10-5-3-6-11-40)31-49(50)48-28-27-47(33-51(48)58)59-46-15-9-14-45(32-46)56-34-52-41-22-20-38-16-18-39(19-17-38)21-25-44(26-23-41)57(52)35-56;/h3-19,23-24,26-31,34H,20-22,25H2,1-2H3;/q-2;. The summed E-state index contributed by atoms with van der Waals surface area (Å²) in [5.41, 5.74) is 16.4. The Morgan fingerprint density at radius 3 is 2.10 bits per heavy atom. The monoisotopic (exact) mass is 955 g/mol. The van der Waals surface area contributed by atoms with Crippen LogP contribution in [0.25, 0.3) is 61.1 Å². The van der Waals surface area contributed by atoms with Crippen LogP contribution in [-0.2, 0) is 45.0 Å². The van der Waals surface area contributed by atoms with E-state index in [-0.39, 0.29) is 0 Å². The van der Waals surface area contributed by atoms with E-state index in [0.717, 1.165) is 79.6 Å². The van der Waals surface area contributed by atoms with Gasteiger partial charge >= 0.3 is 248 Å². The Kier molecular flexibility index (Phi) is 9.08. The molecular weight excluding hydrogens is 916 g/mol. The molecule has 4 aliphatic rings. The summed E-state index contributed by atoms with van der Waals surface area (Å²) in [7, 11) is 0. The number of rotatable bonds is 6. The predicted octanol–water partition coefficient (Wildman–Crippen LogP) is 12.5. The predicted molar refractivity (Wildman–Crippen MR) is 238 cm³/mol. The molecule has 10 aromatic rings. The summed E-state index contributed by atoms with van der Waals surface area (Å²) in [6, 6.07) is 61.4. The number of pyridine rings is 2. The average Bonchev–Trinajstić information content (AvgIpc) is 3.79. The van der Waals surface area contributed by atoms with Gasteiger partial charge < -0.3 is 0 Å². The van der Waals surface area contributed by atoms with Crippen molar-refractivity contribution in [3.05, 3.63) is 207 Å². The maximum absolute atomic E-state index is 6.67. The second kappa shape index (κ2) is 14.9. The molecule has 6 aromatic carbocycles. The third-order valence-corrected chi connectivity index (χ3v) is 13.0. The Labute approximate surface area is 360 Å². The van der Waals surface area contributed by atoms with Gasteiger partial charge in [0.15, 0.2) is 0 Å². The average molecular weight is 956 g/mol. The van der Waals surface area contributed by atoms with Crippen molar-refractivity contribution in [3.63, 3.8) is 0 Å². The summed E-state index contributed by atoms with van der Waals surface area (Å²) >= 11 is 2.47. The fourth-order valence-corrected chi connectivity index (χ4v) is 10.0. The molecule has 0 atom stereocenters. The zero-order valence-electron chi connectivity index (χ0n) is 33.4. The third-order valence-electron chi connectivity index (χ3n) is 12.0. The molecule has 2 aliphatic heterocycles. The van der Waals surface area contributed by atoms with Crippen LogP contribution in [0.1, 0.15) is 33.6 Å². The summed E-state index contributed by atoms with van der Waals surface area (Å²) < 4.78 is 14.7. The van der Waals surface area contributed by atoms with Crippen molar-refractivity contribution in [2.45, 2.75) is 39.5 Å². The Morgan fingerprint density at radius 1 is 0.600 bits per heavy atom. The Hall–Kier alpha value is -6.55. The van der Waals surface area contributed by atoms with Crippen LogP contribution in [-0.4, -0.2) is 18.5 Å². The van der Waals surface area contributed by atoms with E-state index in [0.29, 0.717) is 11.5 Å². The Morgan fingerprint density at radius 2 is 1.33 bits per heavy atom. The van der Waals surface area contributed by atoms with Crippen molar-refractivity contribution in [2.75, 3.05) is 0 Å². The topological polar surface area (TPSA) is 36.4 Å². The van der Waals surface area contributed by atoms with Crippen LogP contribution in [0.2, 0.25) is 0 Å². The van der Waals surface area contributed by atoms with Gasteiger partial charge in [-0.25, -0.2) is 0 Å². The van der Waals surface area contributed by atoms with Crippen LogP contribution in [0, 0.1) is 29.8 Å². The quantitative estimate of drug-likeness (QED) is 0.156. The molecule has 0 unspecified atom stereocenters. The molecular formula is C54H40N4OPt-2. The molecule has 4 aromatic heterocycles. The zero-order chi connectivity index (χ0) is 40.3. The van der Waals surface area contributed by atoms with E-state index in [4.69, 9.17) is 9.72 Å². The molecule has 2 aliphatic carbocycles. The van der Waals surface area contributed by atoms with Gasteiger partial charge in [0.2, 0.25) is 0 Å². The maximum atomic E-state index is 6.67.